The Morgan fingerprint density at radius 3 is 2.61 bits per heavy atom. The van der Waals surface area contributed by atoms with Crippen molar-refractivity contribution < 1.29 is 9.18 Å². The minimum absolute atomic E-state index is 0.102. The number of nitrogens with one attached hydrogen (secondary N) is 1. The molecule has 122 valence electrons. The normalized spacial score (nSPS) is 12.2. The van der Waals surface area contributed by atoms with E-state index < -0.39 is 5.91 Å². The van der Waals surface area contributed by atoms with E-state index in [1.54, 1.807) is 18.2 Å². The van der Waals surface area contributed by atoms with Crippen LogP contribution in [0.1, 0.15) is 34.5 Å². The van der Waals surface area contributed by atoms with E-state index in [1.165, 1.54) is 12.1 Å². The first kappa shape index (κ1) is 17.0. The van der Waals surface area contributed by atoms with Crippen LogP contribution < -0.4 is 11.1 Å². The molecule has 0 saturated heterocycles. The third-order valence-corrected chi connectivity index (χ3v) is 3.60. The lowest BCUT2D eigenvalue weighted by Crippen LogP contribution is -2.17. The molecule has 0 spiro atoms. The van der Waals surface area contributed by atoms with Gasteiger partial charge >= 0.3 is 0 Å². The van der Waals surface area contributed by atoms with Crippen molar-refractivity contribution in [3.8, 4) is 0 Å². The summed E-state index contributed by atoms with van der Waals surface area (Å²) in [4.78, 5) is 13.5. The second kappa shape index (κ2) is 7.24. The summed E-state index contributed by atoms with van der Waals surface area (Å²) in [6.45, 7) is 2.67. The van der Waals surface area contributed by atoms with Gasteiger partial charge in [-0.15, -0.1) is 0 Å². The van der Waals surface area contributed by atoms with Gasteiger partial charge < -0.3 is 16.0 Å². The summed E-state index contributed by atoms with van der Waals surface area (Å²) in [6, 6.07) is 11.7. The van der Waals surface area contributed by atoms with E-state index in [-0.39, 0.29) is 11.9 Å². The van der Waals surface area contributed by atoms with Crippen LogP contribution in [0.15, 0.2) is 42.5 Å². The lowest BCUT2D eigenvalue weighted by molar-refractivity contribution is 0.100. The van der Waals surface area contributed by atoms with Crippen LogP contribution in [-0.2, 0) is 6.54 Å². The molecule has 23 heavy (non-hydrogen) atoms. The van der Waals surface area contributed by atoms with Crippen molar-refractivity contribution in [2.24, 2.45) is 5.73 Å². The molecule has 0 aliphatic heterocycles. The van der Waals surface area contributed by atoms with Crippen LogP contribution in [0, 0.1) is 5.82 Å². The highest BCUT2D eigenvalue weighted by Crippen LogP contribution is 2.25. The van der Waals surface area contributed by atoms with E-state index >= 15 is 0 Å². The van der Waals surface area contributed by atoms with Crippen LogP contribution in [0.2, 0.25) is 0 Å². The highest BCUT2D eigenvalue weighted by molar-refractivity contribution is 5.94. The molecule has 4 nitrogen and oxygen atoms in total. The van der Waals surface area contributed by atoms with Gasteiger partial charge in [-0.2, -0.15) is 0 Å². The first-order valence-corrected chi connectivity index (χ1v) is 7.46. The van der Waals surface area contributed by atoms with Gasteiger partial charge in [0.05, 0.1) is 0 Å². The summed E-state index contributed by atoms with van der Waals surface area (Å²) in [5.74, 6) is -0.738. The van der Waals surface area contributed by atoms with E-state index in [2.05, 4.69) is 5.32 Å². The fourth-order valence-corrected chi connectivity index (χ4v) is 2.44. The largest absolute Gasteiger partial charge is 0.378 e. The Morgan fingerprint density at radius 2 is 2.00 bits per heavy atom. The molecule has 0 aliphatic carbocycles. The van der Waals surface area contributed by atoms with Crippen molar-refractivity contribution in [3.05, 3.63) is 65.0 Å². The molecule has 2 aromatic carbocycles. The molecule has 0 radical (unpaired) electrons. The van der Waals surface area contributed by atoms with Crippen molar-refractivity contribution in [3.63, 3.8) is 0 Å². The van der Waals surface area contributed by atoms with Crippen LogP contribution in [0.5, 0.6) is 0 Å². The predicted octanol–water partition coefficient (Wildman–Crippen LogP) is 3.16. The lowest BCUT2D eigenvalue weighted by atomic mass is 10.0. The molecule has 2 rings (SSSR count). The van der Waals surface area contributed by atoms with Crippen molar-refractivity contribution in [2.75, 3.05) is 19.4 Å². The van der Waals surface area contributed by atoms with Gasteiger partial charge in [-0.05, 0) is 56.4 Å². The minimum atomic E-state index is -0.470. The van der Waals surface area contributed by atoms with Crippen LogP contribution >= 0.6 is 0 Å². The van der Waals surface area contributed by atoms with E-state index in [9.17, 15) is 9.18 Å². The van der Waals surface area contributed by atoms with Crippen LogP contribution in [0.4, 0.5) is 10.1 Å². The quantitative estimate of drug-likeness (QED) is 0.861. The highest BCUT2D eigenvalue weighted by atomic mass is 19.1. The third kappa shape index (κ3) is 4.53. The number of nitrogens with zero attached hydrogens (tertiary/aromatic N) is 1. The van der Waals surface area contributed by atoms with E-state index in [1.807, 2.05) is 38.1 Å². The second-order valence-corrected chi connectivity index (χ2v) is 5.89. The van der Waals surface area contributed by atoms with E-state index in [0.717, 1.165) is 23.4 Å². The summed E-state index contributed by atoms with van der Waals surface area (Å²) in [7, 11) is 3.95. The zero-order chi connectivity index (χ0) is 17.0. The number of anilines is 1. The number of benzene rings is 2. The molecule has 2 aromatic rings. The van der Waals surface area contributed by atoms with Crippen molar-refractivity contribution in [1.29, 1.82) is 0 Å². The first-order chi connectivity index (χ1) is 10.9. The highest BCUT2D eigenvalue weighted by Gasteiger charge is 2.12. The maximum absolute atomic E-state index is 13.4. The molecule has 1 atom stereocenters. The Morgan fingerprint density at radius 1 is 1.26 bits per heavy atom. The third-order valence-electron chi connectivity index (χ3n) is 3.60. The molecule has 0 fully saturated rings. The van der Waals surface area contributed by atoms with Gasteiger partial charge in [-0.25, -0.2) is 4.39 Å². The molecule has 1 amide bonds. The molecular formula is C18H22FN3O. The lowest BCUT2D eigenvalue weighted by Gasteiger charge is -2.21. The van der Waals surface area contributed by atoms with E-state index in [0.29, 0.717) is 5.56 Å². The van der Waals surface area contributed by atoms with Crippen molar-refractivity contribution in [2.45, 2.75) is 19.5 Å². The van der Waals surface area contributed by atoms with Gasteiger partial charge in [0.15, 0.2) is 0 Å². The average molecular weight is 315 g/mol. The number of carbonyl (C=O) groups excluding carboxylic acids is 1. The Kier molecular flexibility index (Phi) is 5.34. The number of primary amides is 1. The number of carbonyl (C=O) groups is 1. The molecule has 0 aliphatic rings. The van der Waals surface area contributed by atoms with Crippen LogP contribution in [0.3, 0.4) is 0 Å². The summed E-state index contributed by atoms with van der Waals surface area (Å²) in [5.41, 5.74) is 8.52. The molecule has 1 unspecified atom stereocenters. The van der Waals surface area contributed by atoms with Crippen LogP contribution in [0.25, 0.3) is 0 Å². The number of hydrogen-bond acceptors (Lipinski definition) is 3. The Bertz CT molecular complexity index is 700. The SMILES string of the molecule is CC(Nc1cc(C(N)=O)ccc1CN(C)C)c1cccc(F)c1. The minimum Gasteiger partial charge on any atom is -0.378 e. The second-order valence-electron chi connectivity index (χ2n) is 5.89. The number of amides is 1. The fourth-order valence-electron chi connectivity index (χ4n) is 2.44. The molecule has 0 heterocycles. The fraction of sp³-hybridized carbons (Fsp3) is 0.278. The number of rotatable bonds is 6. The molecule has 5 heteroatoms. The number of halogens is 1. The van der Waals surface area contributed by atoms with Gasteiger partial charge in [-0.3, -0.25) is 4.79 Å². The summed E-state index contributed by atoms with van der Waals surface area (Å²) in [6.07, 6.45) is 0. The topological polar surface area (TPSA) is 58.4 Å². The number of nitrogens with two attached hydrogens (primary N) is 1. The number of hydrogen-bond donors (Lipinski definition) is 2. The monoisotopic (exact) mass is 315 g/mol. The van der Waals surface area contributed by atoms with Gasteiger partial charge in [-0.1, -0.05) is 18.2 Å². The predicted molar refractivity (Wildman–Crippen MR) is 90.8 cm³/mol. The zero-order valence-corrected chi connectivity index (χ0v) is 13.6. The van der Waals surface area contributed by atoms with Gasteiger partial charge in [0.25, 0.3) is 0 Å². The van der Waals surface area contributed by atoms with E-state index in [4.69, 9.17) is 5.73 Å². The smallest absolute Gasteiger partial charge is 0.248 e. The van der Waals surface area contributed by atoms with Crippen LogP contribution in [-0.4, -0.2) is 24.9 Å². The summed E-state index contributed by atoms with van der Waals surface area (Å²) < 4.78 is 13.4. The summed E-state index contributed by atoms with van der Waals surface area (Å²) >= 11 is 0. The summed E-state index contributed by atoms with van der Waals surface area (Å²) in [5, 5.41) is 3.35. The Hall–Kier alpha value is -2.40. The van der Waals surface area contributed by atoms with Gasteiger partial charge in [0, 0.05) is 23.8 Å². The maximum atomic E-state index is 13.4. The molecule has 0 bridgehead atoms. The standard InChI is InChI=1S/C18H22FN3O/c1-12(13-5-4-6-16(19)9-13)21-17-10-14(18(20)23)7-8-15(17)11-22(2)3/h4-10,12,21H,11H2,1-3H3,(H2,20,23). The molecule has 3 N–H and O–H groups in total. The zero-order valence-electron chi connectivity index (χ0n) is 13.6. The molecule has 0 saturated carbocycles. The average Bonchev–Trinajstić information content (AvgIpc) is 2.48. The van der Waals surface area contributed by atoms with Crippen molar-refractivity contribution >= 4 is 11.6 Å². The van der Waals surface area contributed by atoms with Crippen molar-refractivity contribution in [1.82, 2.24) is 4.90 Å². The Labute approximate surface area is 136 Å². The van der Waals surface area contributed by atoms with Gasteiger partial charge in [0.2, 0.25) is 5.91 Å². The maximum Gasteiger partial charge on any atom is 0.248 e. The Balaban J connectivity index is 2.31. The van der Waals surface area contributed by atoms with Gasteiger partial charge in [0.1, 0.15) is 5.82 Å². The molecular weight excluding hydrogens is 293 g/mol. The molecule has 0 aromatic heterocycles. The first-order valence-electron chi connectivity index (χ1n) is 7.46.